The van der Waals surface area contributed by atoms with Crippen molar-refractivity contribution < 1.29 is 19.4 Å². The van der Waals surface area contributed by atoms with Crippen LogP contribution >= 0.6 is 11.6 Å². The van der Waals surface area contributed by atoms with E-state index in [1.807, 2.05) is 10.9 Å². The minimum Gasteiger partial charge on any atom is -0.465 e. The molecule has 2 aliphatic heterocycles. The lowest BCUT2D eigenvalue weighted by molar-refractivity contribution is -0.0286. The molecular formula is C22H22ClN5O4. The van der Waals surface area contributed by atoms with Crippen molar-refractivity contribution in [2.24, 2.45) is 0 Å². The van der Waals surface area contributed by atoms with Crippen LogP contribution in [-0.4, -0.2) is 80.6 Å². The van der Waals surface area contributed by atoms with Gasteiger partial charge in [-0.3, -0.25) is 9.48 Å². The maximum Gasteiger partial charge on any atom is 0.407 e. The van der Waals surface area contributed by atoms with E-state index in [4.69, 9.17) is 21.3 Å². The first kappa shape index (κ1) is 20.7. The van der Waals surface area contributed by atoms with Crippen LogP contribution < -0.4 is 0 Å². The summed E-state index contributed by atoms with van der Waals surface area (Å²) < 4.78 is 7.10. The van der Waals surface area contributed by atoms with Gasteiger partial charge in [0.2, 0.25) is 0 Å². The number of rotatable bonds is 3. The summed E-state index contributed by atoms with van der Waals surface area (Å²) >= 11 is 6.52. The molecule has 0 spiro atoms. The summed E-state index contributed by atoms with van der Waals surface area (Å²) in [5, 5.41) is 15.0. The van der Waals surface area contributed by atoms with Crippen LogP contribution in [0.4, 0.5) is 4.79 Å². The van der Waals surface area contributed by atoms with Crippen LogP contribution in [0.15, 0.2) is 36.7 Å². The fraction of sp³-hybridized carbons (Fsp3) is 0.364. The normalized spacial score (nSPS) is 19.2. The summed E-state index contributed by atoms with van der Waals surface area (Å²) in [6.07, 6.45) is 2.71. The van der Waals surface area contributed by atoms with Crippen molar-refractivity contribution >= 4 is 34.5 Å². The first-order valence-electron chi connectivity index (χ1n) is 10.4. The quantitative estimate of drug-likeness (QED) is 0.651. The lowest BCUT2D eigenvalue weighted by Gasteiger charge is -2.38. The molecule has 0 bridgehead atoms. The molecule has 10 heteroatoms. The summed E-state index contributed by atoms with van der Waals surface area (Å²) in [6, 6.07) is 7.06. The number of carbonyl (C=O) groups is 2. The number of carbonyl (C=O) groups excluding carboxylic acids is 1. The second kappa shape index (κ2) is 8.07. The number of hydrogen-bond donors (Lipinski definition) is 1. The van der Waals surface area contributed by atoms with Gasteiger partial charge < -0.3 is 19.6 Å². The van der Waals surface area contributed by atoms with Crippen LogP contribution in [0.5, 0.6) is 0 Å². The number of halogens is 1. The Morgan fingerprint density at radius 2 is 2.03 bits per heavy atom. The molecule has 4 heterocycles. The van der Waals surface area contributed by atoms with E-state index >= 15 is 0 Å². The molecule has 2 fully saturated rings. The molecule has 2 aliphatic rings. The summed E-state index contributed by atoms with van der Waals surface area (Å²) in [5.74, 6) is -0.148. The minimum absolute atomic E-state index is 0.148. The predicted octanol–water partition coefficient (Wildman–Crippen LogP) is 3.15. The molecule has 2 saturated heterocycles. The molecular weight excluding hydrogens is 434 g/mol. The zero-order chi connectivity index (χ0) is 22.4. The largest absolute Gasteiger partial charge is 0.465 e. The molecule has 3 aromatic rings. The SMILES string of the molecule is C[C@H]1CN(C(=O)c2ccc3c(Cl)cc(-c4cnn(C5COC5)c4)nc3c2)CCN1C(=O)O. The zero-order valence-corrected chi connectivity index (χ0v) is 18.2. The number of piperazine rings is 1. The zero-order valence-electron chi connectivity index (χ0n) is 17.4. The van der Waals surface area contributed by atoms with Crippen molar-refractivity contribution in [3.8, 4) is 11.3 Å². The van der Waals surface area contributed by atoms with Crippen molar-refractivity contribution in [3.63, 3.8) is 0 Å². The lowest BCUT2D eigenvalue weighted by atomic mass is 10.1. The number of carboxylic acid groups (broad SMARTS) is 1. The number of benzene rings is 1. The van der Waals surface area contributed by atoms with E-state index in [-0.39, 0.29) is 18.0 Å². The van der Waals surface area contributed by atoms with Gasteiger partial charge in [-0.1, -0.05) is 17.7 Å². The van der Waals surface area contributed by atoms with Gasteiger partial charge in [0.25, 0.3) is 5.91 Å². The molecule has 0 radical (unpaired) electrons. The molecule has 32 heavy (non-hydrogen) atoms. The predicted molar refractivity (Wildman–Crippen MR) is 118 cm³/mol. The van der Waals surface area contributed by atoms with Crippen molar-refractivity contribution in [3.05, 3.63) is 47.2 Å². The third-order valence-electron chi connectivity index (χ3n) is 6.06. The average Bonchev–Trinajstić information content (AvgIpc) is 3.20. The number of ether oxygens (including phenoxy) is 1. The van der Waals surface area contributed by atoms with Gasteiger partial charge in [0.05, 0.1) is 41.7 Å². The molecule has 1 aromatic carbocycles. The van der Waals surface area contributed by atoms with E-state index in [9.17, 15) is 14.7 Å². The Balaban J connectivity index is 1.42. The highest BCUT2D eigenvalue weighted by Crippen LogP contribution is 2.30. The fourth-order valence-electron chi connectivity index (χ4n) is 4.12. The Labute approximate surface area is 189 Å². The van der Waals surface area contributed by atoms with E-state index in [2.05, 4.69) is 5.10 Å². The van der Waals surface area contributed by atoms with Crippen LogP contribution in [0.2, 0.25) is 5.02 Å². The van der Waals surface area contributed by atoms with Gasteiger partial charge in [0.15, 0.2) is 0 Å². The Kier molecular flexibility index (Phi) is 5.22. The van der Waals surface area contributed by atoms with Gasteiger partial charge in [-0.2, -0.15) is 5.10 Å². The smallest absolute Gasteiger partial charge is 0.407 e. The highest BCUT2D eigenvalue weighted by molar-refractivity contribution is 6.35. The molecule has 1 N–H and O–H groups in total. The van der Waals surface area contributed by atoms with E-state index in [1.165, 1.54) is 4.90 Å². The monoisotopic (exact) mass is 455 g/mol. The number of nitrogens with zero attached hydrogens (tertiary/aromatic N) is 5. The highest BCUT2D eigenvalue weighted by atomic mass is 35.5. The molecule has 0 saturated carbocycles. The van der Waals surface area contributed by atoms with Crippen LogP contribution in [-0.2, 0) is 4.74 Å². The van der Waals surface area contributed by atoms with Gasteiger partial charge >= 0.3 is 6.09 Å². The third-order valence-corrected chi connectivity index (χ3v) is 6.37. The van der Waals surface area contributed by atoms with Crippen LogP contribution in [0.3, 0.4) is 0 Å². The summed E-state index contributed by atoms with van der Waals surface area (Å²) in [6.45, 7) is 4.10. The van der Waals surface area contributed by atoms with Gasteiger partial charge in [0.1, 0.15) is 0 Å². The molecule has 0 unspecified atom stereocenters. The van der Waals surface area contributed by atoms with Crippen LogP contribution in [0, 0.1) is 0 Å². The molecule has 166 valence electrons. The van der Waals surface area contributed by atoms with Gasteiger partial charge in [0, 0.05) is 48.4 Å². The maximum atomic E-state index is 13.1. The Hall–Kier alpha value is -3.17. The Bertz CT molecular complexity index is 1210. The number of hydrogen-bond acceptors (Lipinski definition) is 5. The lowest BCUT2D eigenvalue weighted by Crippen LogP contribution is -2.55. The van der Waals surface area contributed by atoms with Gasteiger partial charge in [-0.15, -0.1) is 0 Å². The summed E-state index contributed by atoms with van der Waals surface area (Å²) in [5.41, 5.74) is 2.64. The Morgan fingerprint density at radius 3 is 2.72 bits per heavy atom. The van der Waals surface area contributed by atoms with E-state index in [0.717, 1.165) is 10.9 Å². The Morgan fingerprint density at radius 1 is 1.22 bits per heavy atom. The fourth-order valence-corrected chi connectivity index (χ4v) is 4.38. The van der Waals surface area contributed by atoms with Crippen LogP contribution in [0.1, 0.15) is 23.3 Å². The first-order chi connectivity index (χ1) is 15.4. The van der Waals surface area contributed by atoms with E-state index in [1.54, 1.807) is 42.3 Å². The van der Waals surface area contributed by atoms with E-state index in [0.29, 0.717) is 54.6 Å². The first-order valence-corrected chi connectivity index (χ1v) is 10.8. The summed E-state index contributed by atoms with van der Waals surface area (Å²) in [7, 11) is 0. The van der Waals surface area contributed by atoms with E-state index < -0.39 is 6.09 Å². The number of amides is 2. The molecule has 0 aliphatic carbocycles. The topological polar surface area (TPSA) is 101 Å². The second-order valence-electron chi connectivity index (χ2n) is 8.20. The maximum absolute atomic E-state index is 13.1. The molecule has 1 atom stereocenters. The average molecular weight is 456 g/mol. The van der Waals surface area contributed by atoms with Crippen molar-refractivity contribution in [2.75, 3.05) is 32.8 Å². The minimum atomic E-state index is -0.963. The molecule has 5 rings (SSSR count). The third kappa shape index (κ3) is 3.67. The number of pyridine rings is 1. The van der Waals surface area contributed by atoms with Crippen molar-refractivity contribution in [2.45, 2.75) is 19.0 Å². The summed E-state index contributed by atoms with van der Waals surface area (Å²) in [4.78, 5) is 32.2. The van der Waals surface area contributed by atoms with Crippen LogP contribution in [0.25, 0.3) is 22.2 Å². The highest BCUT2D eigenvalue weighted by Gasteiger charge is 2.30. The van der Waals surface area contributed by atoms with Gasteiger partial charge in [-0.05, 0) is 25.1 Å². The van der Waals surface area contributed by atoms with Gasteiger partial charge in [-0.25, -0.2) is 9.78 Å². The van der Waals surface area contributed by atoms with Crippen molar-refractivity contribution in [1.29, 1.82) is 0 Å². The number of aromatic nitrogens is 3. The molecule has 2 amide bonds. The second-order valence-corrected chi connectivity index (χ2v) is 8.60. The number of fused-ring (bicyclic) bond motifs is 1. The standard InChI is InChI=1S/C22H22ClN5O4/c1-13-9-26(4-5-27(13)22(30)31)21(29)14-2-3-17-18(23)7-19(25-20(17)6-14)15-8-24-28(10-15)16-11-32-12-16/h2-3,6-8,10,13,16H,4-5,9,11-12H2,1H3,(H,30,31)/t13-/m0/s1. The molecule has 9 nitrogen and oxygen atoms in total. The van der Waals surface area contributed by atoms with Crippen molar-refractivity contribution in [1.82, 2.24) is 24.6 Å². The molecule has 2 aromatic heterocycles.